The first-order valence-electron chi connectivity index (χ1n) is 8.39. The Bertz CT molecular complexity index is 719. The van der Waals surface area contributed by atoms with Crippen molar-refractivity contribution in [1.29, 1.82) is 0 Å². The van der Waals surface area contributed by atoms with Gasteiger partial charge in [0, 0.05) is 23.7 Å². The van der Waals surface area contributed by atoms with Crippen molar-refractivity contribution in [2.75, 3.05) is 19.3 Å². The van der Waals surface area contributed by atoms with Crippen molar-refractivity contribution < 1.29 is 31.5 Å². The molecule has 3 N–H and O–H groups in total. The number of alkyl halides is 3. The van der Waals surface area contributed by atoms with Gasteiger partial charge < -0.3 is 10.8 Å². The van der Waals surface area contributed by atoms with Crippen LogP contribution in [0.25, 0.3) is 0 Å². The van der Waals surface area contributed by atoms with E-state index < -0.39 is 22.0 Å². The van der Waals surface area contributed by atoms with Crippen molar-refractivity contribution in [3.05, 3.63) is 17.0 Å². The van der Waals surface area contributed by atoms with E-state index in [0.717, 1.165) is 24.4 Å². The van der Waals surface area contributed by atoms with E-state index in [1.807, 2.05) is 6.07 Å². The summed E-state index contributed by atoms with van der Waals surface area (Å²) in [7, 11) is -3.08. The van der Waals surface area contributed by atoms with Crippen LogP contribution in [-0.2, 0) is 21.2 Å². The van der Waals surface area contributed by atoms with Crippen LogP contribution in [0.1, 0.15) is 31.1 Å². The van der Waals surface area contributed by atoms with E-state index >= 15 is 0 Å². The molecule has 0 radical (unpaired) electrons. The highest BCUT2D eigenvalue weighted by Gasteiger charge is 2.38. The molecule has 0 spiro atoms. The maximum absolute atomic E-state index is 11.5. The average molecular weight is 431 g/mol. The molecule has 156 valence electrons. The molecule has 2 unspecified atom stereocenters. The first-order chi connectivity index (χ1) is 12.4. The number of carboxylic acids is 1. The summed E-state index contributed by atoms with van der Waals surface area (Å²) in [6.07, 6.45) is -0.318. The van der Waals surface area contributed by atoms with Gasteiger partial charge in [0.2, 0.25) is 0 Å². The molecule has 1 saturated heterocycles. The van der Waals surface area contributed by atoms with Crippen LogP contribution < -0.4 is 5.73 Å². The molecule has 0 aromatic carbocycles. The van der Waals surface area contributed by atoms with E-state index in [2.05, 4.69) is 11.8 Å². The topological polar surface area (TPSA) is 101 Å². The van der Waals surface area contributed by atoms with Gasteiger partial charge >= 0.3 is 12.1 Å². The highest BCUT2D eigenvalue weighted by Crippen LogP contribution is 2.29. The summed E-state index contributed by atoms with van der Waals surface area (Å²) < 4.78 is 55.3. The molecule has 6 nitrogen and oxygen atoms in total. The zero-order valence-electron chi connectivity index (χ0n) is 15.2. The summed E-state index contributed by atoms with van der Waals surface area (Å²) in [5.74, 6) is -2.09. The molecule has 27 heavy (non-hydrogen) atoms. The van der Waals surface area contributed by atoms with E-state index in [0.29, 0.717) is 22.7 Å². The number of carboxylic acid groups (broad SMARTS) is 1. The minimum atomic E-state index is -5.08. The van der Waals surface area contributed by atoms with Crippen LogP contribution >= 0.6 is 11.3 Å². The van der Waals surface area contributed by atoms with Crippen molar-refractivity contribution in [2.24, 2.45) is 11.7 Å². The van der Waals surface area contributed by atoms with Gasteiger partial charge in [-0.05, 0) is 50.4 Å². The molecule has 0 amide bonds. The lowest BCUT2D eigenvalue weighted by Crippen LogP contribution is -2.44. The highest BCUT2D eigenvalue weighted by atomic mass is 32.2. The summed E-state index contributed by atoms with van der Waals surface area (Å²) in [5.41, 5.74) is 5.74. The van der Waals surface area contributed by atoms with Gasteiger partial charge in [-0.3, -0.25) is 4.90 Å². The summed E-state index contributed by atoms with van der Waals surface area (Å²) in [4.78, 5) is 12.5. The van der Waals surface area contributed by atoms with Crippen molar-refractivity contribution in [3.63, 3.8) is 0 Å². The van der Waals surface area contributed by atoms with Gasteiger partial charge in [0.25, 0.3) is 0 Å². The molecule has 2 atom stereocenters. The lowest BCUT2D eigenvalue weighted by Gasteiger charge is -2.39. The van der Waals surface area contributed by atoms with E-state index in [9.17, 15) is 21.6 Å². The Labute approximate surface area is 161 Å². The van der Waals surface area contributed by atoms with E-state index in [1.165, 1.54) is 30.4 Å². The van der Waals surface area contributed by atoms with Crippen molar-refractivity contribution >= 4 is 27.1 Å². The lowest BCUT2D eigenvalue weighted by molar-refractivity contribution is -0.192. The fourth-order valence-corrected chi connectivity index (χ4v) is 5.01. The van der Waals surface area contributed by atoms with Gasteiger partial charge in [-0.15, -0.1) is 11.3 Å². The SMILES string of the molecule is CC1CCCN(Cc2ccc(S(C)(=O)=O)s2)C1CCN.O=C(O)C(F)(F)F. The van der Waals surface area contributed by atoms with Crippen LogP contribution in [0.2, 0.25) is 0 Å². The van der Waals surface area contributed by atoms with E-state index in [-0.39, 0.29) is 0 Å². The summed E-state index contributed by atoms with van der Waals surface area (Å²) in [6.45, 7) is 4.93. The molecule has 1 aliphatic rings. The Kier molecular flexibility index (Phi) is 8.71. The zero-order valence-corrected chi connectivity index (χ0v) is 16.8. The normalized spacial score (nSPS) is 21.4. The van der Waals surface area contributed by atoms with E-state index in [4.69, 9.17) is 15.6 Å². The molecule has 1 aromatic rings. The minimum Gasteiger partial charge on any atom is -0.475 e. The molecule has 0 aliphatic carbocycles. The number of sulfone groups is 1. The number of aliphatic carboxylic acids is 1. The Morgan fingerprint density at radius 3 is 2.44 bits per heavy atom. The quantitative estimate of drug-likeness (QED) is 0.745. The fourth-order valence-electron chi connectivity index (χ4n) is 3.01. The molecule has 1 fully saturated rings. The average Bonchev–Trinajstić information content (AvgIpc) is 2.99. The largest absolute Gasteiger partial charge is 0.490 e. The monoisotopic (exact) mass is 430 g/mol. The van der Waals surface area contributed by atoms with Crippen LogP contribution in [0.15, 0.2) is 16.3 Å². The number of rotatable bonds is 5. The number of piperidine rings is 1. The lowest BCUT2D eigenvalue weighted by atomic mass is 9.88. The van der Waals surface area contributed by atoms with Crippen LogP contribution in [0.3, 0.4) is 0 Å². The minimum absolute atomic E-state index is 0.466. The molecule has 0 saturated carbocycles. The molecule has 11 heteroatoms. The van der Waals surface area contributed by atoms with Gasteiger partial charge in [0.15, 0.2) is 9.84 Å². The van der Waals surface area contributed by atoms with Crippen LogP contribution in [-0.4, -0.2) is 56.0 Å². The molecule has 1 aromatic heterocycles. The van der Waals surface area contributed by atoms with Crippen molar-refractivity contribution in [2.45, 2.75) is 49.2 Å². The van der Waals surface area contributed by atoms with Gasteiger partial charge in [-0.2, -0.15) is 13.2 Å². The van der Waals surface area contributed by atoms with Crippen LogP contribution in [0.5, 0.6) is 0 Å². The number of hydrogen-bond donors (Lipinski definition) is 2. The number of carbonyl (C=O) groups is 1. The molecule has 1 aliphatic heterocycles. The maximum atomic E-state index is 11.5. The Morgan fingerprint density at radius 1 is 1.41 bits per heavy atom. The summed E-state index contributed by atoms with van der Waals surface area (Å²) in [5, 5.41) is 7.12. The first-order valence-corrected chi connectivity index (χ1v) is 11.1. The smallest absolute Gasteiger partial charge is 0.475 e. The fraction of sp³-hybridized carbons (Fsp3) is 0.688. The standard InChI is InChI=1S/C14H24N2O2S2.C2HF3O2/c1-11-4-3-9-16(13(11)7-8-15)10-12-5-6-14(19-12)20(2,17)18;3-2(4,5)1(6)7/h5-6,11,13H,3-4,7-10,15H2,1-2H3;(H,6,7). The van der Waals surface area contributed by atoms with E-state index in [1.54, 1.807) is 6.07 Å². The van der Waals surface area contributed by atoms with Crippen LogP contribution in [0.4, 0.5) is 13.2 Å². The third-order valence-electron chi connectivity index (χ3n) is 4.30. The number of halogens is 3. The highest BCUT2D eigenvalue weighted by molar-refractivity contribution is 7.92. The number of nitrogens with zero attached hydrogens (tertiary/aromatic N) is 1. The zero-order chi connectivity index (χ0) is 20.8. The Hall–Kier alpha value is -1.17. The number of likely N-dealkylation sites (tertiary alicyclic amines) is 1. The maximum Gasteiger partial charge on any atom is 0.490 e. The number of nitrogens with two attached hydrogens (primary N) is 1. The van der Waals surface area contributed by atoms with Gasteiger partial charge in [-0.25, -0.2) is 13.2 Å². The van der Waals surface area contributed by atoms with Gasteiger partial charge in [0.1, 0.15) is 4.21 Å². The summed E-state index contributed by atoms with van der Waals surface area (Å²) in [6, 6.07) is 4.19. The van der Waals surface area contributed by atoms with Crippen molar-refractivity contribution in [3.8, 4) is 0 Å². The number of thiophene rings is 1. The van der Waals surface area contributed by atoms with Crippen molar-refractivity contribution in [1.82, 2.24) is 4.90 Å². The first kappa shape index (κ1) is 23.9. The third kappa shape index (κ3) is 7.76. The Morgan fingerprint density at radius 2 is 2.00 bits per heavy atom. The number of hydrogen-bond acceptors (Lipinski definition) is 6. The molecular weight excluding hydrogens is 405 g/mol. The molecule has 2 heterocycles. The predicted molar refractivity (Wildman–Crippen MR) is 97.4 cm³/mol. The molecule has 0 bridgehead atoms. The second-order valence-corrected chi connectivity index (χ2v) is 9.94. The van der Waals surface area contributed by atoms with Gasteiger partial charge in [0.05, 0.1) is 0 Å². The van der Waals surface area contributed by atoms with Gasteiger partial charge in [-0.1, -0.05) is 6.92 Å². The third-order valence-corrected chi connectivity index (χ3v) is 7.19. The molecular formula is C16H25F3N2O4S2. The second-order valence-electron chi connectivity index (χ2n) is 6.53. The Balaban J connectivity index is 0.000000445. The predicted octanol–water partition coefficient (Wildman–Crippen LogP) is 2.73. The summed E-state index contributed by atoms with van der Waals surface area (Å²) >= 11 is 1.39. The molecule has 2 rings (SSSR count). The second kappa shape index (κ2) is 9.85. The van der Waals surface area contributed by atoms with Crippen LogP contribution in [0, 0.1) is 5.92 Å².